The number of nitrogen functional groups attached to an aromatic ring is 2. The molecule has 2 aromatic carbocycles. The zero-order chi connectivity index (χ0) is 15.0. The van der Waals surface area contributed by atoms with E-state index in [0.717, 1.165) is 11.3 Å². The predicted molar refractivity (Wildman–Crippen MR) is 82.9 cm³/mol. The Balaban J connectivity index is 2.14. The molecule has 0 atom stereocenters. The third-order valence-electron chi connectivity index (χ3n) is 3.44. The van der Waals surface area contributed by atoms with Gasteiger partial charge in [0.15, 0.2) is 5.82 Å². The number of aryl methyl sites for hydroxylation is 2. The zero-order valence-corrected chi connectivity index (χ0v) is 11.9. The SMILES string of the molecule is Cc1ccc(-n2nnnc2-c2cc(N)cc(N)c2)cc1C. The van der Waals surface area contributed by atoms with Gasteiger partial charge < -0.3 is 11.5 Å². The predicted octanol–water partition coefficient (Wildman–Crippen LogP) is 2.11. The van der Waals surface area contributed by atoms with Crippen LogP contribution in [0.1, 0.15) is 11.1 Å². The molecule has 0 aliphatic rings. The van der Waals surface area contributed by atoms with Crippen LogP contribution >= 0.6 is 0 Å². The van der Waals surface area contributed by atoms with Crippen molar-refractivity contribution in [2.45, 2.75) is 13.8 Å². The molecule has 0 saturated carbocycles. The van der Waals surface area contributed by atoms with Gasteiger partial charge in [0.05, 0.1) is 5.69 Å². The number of hydrogen-bond donors (Lipinski definition) is 2. The van der Waals surface area contributed by atoms with Gasteiger partial charge in [0, 0.05) is 16.9 Å². The average molecular weight is 280 g/mol. The number of aromatic nitrogens is 4. The van der Waals surface area contributed by atoms with E-state index < -0.39 is 0 Å². The first-order valence-electron chi connectivity index (χ1n) is 6.57. The quantitative estimate of drug-likeness (QED) is 0.701. The van der Waals surface area contributed by atoms with Crippen LogP contribution in [0.25, 0.3) is 17.1 Å². The van der Waals surface area contributed by atoms with Crippen molar-refractivity contribution < 1.29 is 0 Å². The second-order valence-electron chi connectivity index (χ2n) is 5.07. The Morgan fingerprint density at radius 2 is 1.62 bits per heavy atom. The lowest BCUT2D eigenvalue weighted by Crippen LogP contribution is -2.01. The normalized spacial score (nSPS) is 10.8. The summed E-state index contributed by atoms with van der Waals surface area (Å²) >= 11 is 0. The van der Waals surface area contributed by atoms with Gasteiger partial charge >= 0.3 is 0 Å². The fourth-order valence-corrected chi connectivity index (χ4v) is 2.20. The molecule has 0 spiro atoms. The average Bonchev–Trinajstić information content (AvgIpc) is 2.90. The first-order chi connectivity index (χ1) is 10.0. The van der Waals surface area contributed by atoms with Crippen LogP contribution in [0.5, 0.6) is 0 Å². The van der Waals surface area contributed by atoms with Gasteiger partial charge in [0.1, 0.15) is 0 Å². The highest BCUT2D eigenvalue weighted by molar-refractivity contribution is 5.68. The van der Waals surface area contributed by atoms with Crippen molar-refractivity contribution in [2.24, 2.45) is 0 Å². The van der Waals surface area contributed by atoms with Crippen molar-refractivity contribution >= 4 is 11.4 Å². The van der Waals surface area contributed by atoms with E-state index in [1.807, 2.05) is 18.2 Å². The highest BCUT2D eigenvalue weighted by atomic mass is 15.5. The van der Waals surface area contributed by atoms with E-state index in [1.165, 1.54) is 11.1 Å². The van der Waals surface area contributed by atoms with Crippen LogP contribution in [-0.4, -0.2) is 20.2 Å². The Labute approximate surface area is 122 Å². The Morgan fingerprint density at radius 3 is 2.29 bits per heavy atom. The van der Waals surface area contributed by atoms with Gasteiger partial charge in [-0.05, 0) is 65.7 Å². The third-order valence-corrected chi connectivity index (χ3v) is 3.44. The van der Waals surface area contributed by atoms with Gasteiger partial charge in [-0.15, -0.1) is 5.10 Å². The van der Waals surface area contributed by atoms with Crippen LogP contribution in [0.2, 0.25) is 0 Å². The van der Waals surface area contributed by atoms with Crippen molar-refractivity contribution in [3.8, 4) is 17.1 Å². The summed E-state index contributed by atoms with van der Waals surface area (Å²) in [6, 6.07) is 11.4. The van der Waals surface area contributed by atoms with Crippen molar-refractivity contribution in [3.63, 3.8) is 0 Å². The number of nitrogens with two attached hydrogens (primary N) is 2. The van der Waals surface area contributed by atoms with Crippen molar-refractivity contribution in [2.75, 3.05) is 11.5 Å². The maximum atomic E-state index is 5.84. The standard InChI is InChI=1S/C15H16N6/c1-9-3-4-14(5-10(9)2)21-15(18-19-20-21)11-6-12(16)8-13(17)7-11/h3-8H,16-17H2,1-2H3. The number of rotatable bonds is 2. The van der Waals surface area contributed by atoms with Crippen LogP contribution in [0.4, 0.5) is 11.4 Å². The molecule has 1 heterocycles. The Bertz CT molecular complexity index is 785. The van der Waals surface area contributed by atoms with Crippen LogP contribution < -0.4 is 11.5 Å². The van der Waals surface area contributed by atoms with E-state index in [1.54, 1.807) is 22.9 Å². The summed E-state index contributed by atoms with van der Waals surface area (Å²) in [5.41, 5.74) is 16.9. The number of anilines is 2. The fourth-order valence-electron chi connectivity index (χ4n) is 2.20. The molecule has 6 heteroatoms. The summed E-state index contributed by atoms with van der Waals surface area (Å²) in [6.07, 6.45) is 0. The van der Waals surface area contributed by atoms with Crippen LogP contribution in [0, 0.1) is 13.8 Å². The maximum Gasteiger partial charge on any atom is 0.187 e. The molecule has 3 aromatic rings. The smallest absolute Gasteiger partial charge is 0.187 e. The monoisotopic (exact) mass is 280 g/mol. The molecule has 106 valence electrons. The Hall–Kier alpha value is -2.89. The first kappa shape index (κ1) is 13.1. The second kappa shape index (κ2) is 4.90. The molecular formula is C15H16N6. The van der Waals surface area contributed by atoms with E-state index in [0.29, 0.717) is 17.2 Å². The molecule has 6 nitrogen and oxygen atoms in total. The van der Waals surface area contributed by atoms with Gasteiger partial charge in [-0.25, -0.2) is 0 Å². The van der Waals surface area contributed by atoms with E-state index in [9.17, 15) is 0 Å². The Kier molecular flexibility index (Phi) is 3.06. The number of hydrogen-bond acceptors (Lipinski definition) is 5. The number of nitrogens with zero attached hydrogens (tertiary/aromatic N) is 4. The molecule has 0 amide bonds. The molecule has 0 aliphatic heterocycles. The summed E-state index contributed by atoms with van der Waals surface area (Å²) in [5, 5.41) is 11.9. The molecule has 0 fully saturated rings. The zero-order valence-electron chi connectivity index (χ0n) is 11.9. The highest BCUT2D eigenvalue weighted by Crippen LogP contribution is 2.25. The molecule has 0 unspecified atom stereocenters. The summed E-state index contributed by atoms with van der Waals surface area (Å²) in [6.45, 7) is 4.12. The minimum absolute atomic E-state index is 0.583. The molecule has 1 aromatic heterocycles. The van der Waals surface area contributed by atoms with Gasteiger partial charge in [-0.3, -0.25) is 0 Å². The summed E-state index contributed by atoms with van der Waals surface area (Å²) < 4.78 is 1.68. The minimum atomic E-state index is 0.583. The lowest BCUT2D eigenvalue weighted by atomic mass is 10.1. The molecule has 0 radical (unpaired) electrons. The molecule has 0 bridgehead atoms. The first-order valence-corrected chi connectivity index (χ1v) is 6.57. The van der Waals surface area contributed by atoms with Crippen molar-refractivity contribution in [1.29, 1.82) is 0 Å². The number of tetrazole rings is 1. The summed E-state index contributed by atoms with van der Waals surface area (Å²) in [4.78, 5) is 0. The fraction of sp³-hybridized carbons (Fsp3) is 0.133. The molecule has 0 aliphatic carbocycles. The van der Waals surface area contributed by atoms with Gasteiger partial charge in [-0.1, -0.05) is 6.07 Å². The lowest BCUT2D eigenvalue weighted by Gasteiger charge is -2.08. The minimum Gasteiger partial charge on any atom is -0.399 e. The molecule has 4 N–H and O–H groups in total. The van der Waals surface area contributed by atoms with Crippen LogP contribution in [0.15, 0.2) is 36.4 Å². The van der Waals surface area contributed by atoms with Crippen LogP contribution in [-0.2, 0) is 0 Å². The topological polar surface area (TPSA) is 95.6 Å². The Morgan fingerprint density at radius 1 is 0.905 bits per heavy atom. The largest absolute Gasteiger partial charge is 0.399 e. The third kappa shape index (κ3) is 2.43. The van der Waals surface area contributed by atoms with Crippen molar-refractivity contribution in [1.82, 2.24) is 20.2 Å². The van der Waals surface area contributed by atoms with Gasteiger partial charge in [0.25, 0.3) is 0 Å². The second-order valence-corrected chi connectivity index (χ2v) is 5.07. The van der Waals surface area contributed by atoms with Gasteiger partial charge in [-0.2, -0.15) is 4.68 Å². The molecule has 21 heavy (non-hydrogen) atoms. The van der Waals surface area contributed by atoms with E-state index in [2.05, 4.69) is 29.4 Å². The maximum absolute atomic E-state index is 5.84. The van der Waals surface area contributed by atoms with Crippen molar-refractivity contribution in [3.05, 3.63) is 47.5 Å². The van der Waals surface area contributed by atoms with E-state index in [-0.39, 0.29) is 0 Å². The number of benzene rings is 2. The van der Waals surface area contributed by atoms with E-state index in [4.69, 9.17) is 11.5 Å². The molecule has 0 saturated heterocycles. The molecular weight excluding hydrogens is 264 g/mol. The van der Waals surface area contributed by atoms with Crippen LogP contribution in [0.3, 0.4) is 0 Å². The van der Waals surface area contributed by atoms with Gasteiger partial charge in [0.2, 0.25) is 0 Å². The highest BCUT2D eigenvalue weighted by Gasteiger charge is 2.12. The summed E-state index contributed by atoms with van der Waals surface area (Å²) in [7, 11) is 0. The lowest BCUT2D eigenvalue weighted by molar-refractivity contribution is 0.790. The van der Waals surface area contributed by atoms with E-state index >= 15 is 0 Å². The summed E-state index contributed by atoms with van der Waals surface area (Å²) in [5.74, 6) is 0.609. The molecule has 3 rings (SSSR count).